The molecule has 23 heavy (non-hydrogen) atoms. The highest BCUT2D eigenvalue weighted by molar-refractivity contribution is 7.73. The lowest BCUT2D eigenvalue weighted by Gasteiger charge is -2.07. The van der Waals surface area contributed by atoms with Crippen LogP contribution in [-0.4, -0.2) is 20.6 Å². The molecule has 0 fully saturated rings. The molecule has 0 aliphatic rings. The summed E-state index contributed by atoms with van der Waals surface area (Å²) in [5.41, 5.74) is 1.17. The van der Waals surface area contributed by atoms with Crippen LogP contribution in [0.1, 0.15) is 6.92 Å². The number of hydrogen-bond acceptors (Lipinski definition) is 5. The van der Waals surface area contributed by atoms with Crippen molar-refractivity contribution in [2.45, 2.75) is 13.5 Å². The second-order valence-corrected chi connectivity index (χ2v) is 6.22. The lowest BCUT2D eigenvalue weighted by atomic mass is 10.3. The standard InChI is InChI=1S/C14H12FN5OS2/c1-2-20-12-10(23-14(20)22)11(16-7-17-12)19-13(21)18-9-5-3-8(15)4-6-9/h3-7H,2H2,1H3,(H2,16,17,18,19,21). The number of carbonyl (C=O) groups is 1. The summed E-state index contributed by atoms with van der Waals surface area (Å²) in [4.78, 5) is 20.4. The molecule has 0 unspecified atom stereocenters. The summed E-state index contributed by atoms with van der Waals surface area (Å²) >= 11 is 6.63. The third kappa shape index (κ3) is 3.20. The molecule has 6 nitrogen and oxygen atoms in total. The van der Waals surface area contributed by atoms with E-state index in [0.717, 1.165) is 0 Å². The molecule has 0 spiro atoms. The van der Waals surface area contributed by atoms with Crippen LogP contribution < -0.4 is 10.6 Å². The predicted molar refractivity (Wildman–Crippen MR) is 91.0 cm³/mol. The molecule has 0 saturated carbocycles. The first-order valence-corrected chi connectivity index (χ1v) is 7.99. The van der Waals surface area contributed by atoms with E-state index in [2.05, 4.69) is 20.6 Å². The molecule has 2 aromatic heterocycles. The van der Waals surface area contributed by atoms with Crippen LogP contribution in [0.3, 0.4) is 0 Å². The van der Waals surface area contributed by atoms with Gasteiger partial charge in [0.2, 0.25) is 0 Å². The number of aryl methyl sites for hydroxylation is 1. The highest BCUT2D eigenvalue weighted by Crippen LogP contribution is 2.27. The van der Waals surface area contributed by atoms with Crippen molar-refractivity contribution in [3.8, 4) is 0 Å². The molecule has 0 radical (unpaired) electrons. The summed E-state index contributed by atoms with van der Waals surface area (Å²) < 4.78 is 16.1. The highest BCUT2D eigenvalue weighted by Gasteiger charge is 2.13. The zero-order valence-corrected chi connectivity index (χ0v) is 13.7. The summed E-state index contributed by atoms with van der Waals surface area (Å²) in [7, 11) is 0. The van der Waals surface area contributed by atoms with Gasteiger partial charge >= 0.3 is 6.03 Å². The zero-order chi connectivity index (χ0) is 16.4. The number of benzene rings is 1. The van der Waals surface area contributed by atoms with Gasteiger partial charge in [-0.15, -0.1) is 0 Å². The van der Waals surface area contributed by atoms with E-state index in [1.807, 2.05) is 11.5 Å². The molecule has 3 rings (SSSR count). The second-order valence-electron chi connectivity index (χ2n) is 4.57. The van der Waals surface area contributed by atoms with Crippen LogP contribution >= 0.6 is 23.6 Å². The first kappa shape index (κ1) is 15.5. The number of amides is 2. The zero-order valence-electron chi connectivity index (χ0n) is 12.0. The molecule has 0 aliphatic carbocycles. The van der Waals surface area contributed by atoms with Crippen LogP contribution in [0.15, 0.2) is 30.6 Å². The van der Waals surface area contributed by atoms with Crippen molar-refractivity contribution in [2.75, 3.05) is 10.6 Å². The number of rotatable bonds is 3. The van der Waals surface area contributed by atoms with Gasteiger partial charge in [0.15, 0.2) is 15.4 Å². The predicted octanol–water partition coefficient (Wildman–Crippen LogP) is 4.03. The van der Waals surface area contributed by atoms with E-state index in [4.69, 9.17) is 12.2 Å². The summed E-state index contributed by atoms with van der Waals surface area (Å²) in [5.74, 6) is 0.0204. The number of thiazole rings is 1. The fraction of sp³-hybridized carbons (Fsp3) is 0.143. The average molecular weight is 349 g/mol. The summed E-state index contributed by atoms with van der Waals surface area (Å²) in [5, 5.41) is 5.28. The maximum atomic E-state index is 12.9. The molecule has 0 aliphatic heterocycles. The first-order valence-electron chi connectivity index (χ1n) is 6.76. The van der Waals surface area contributed by atoms with Crippen LogP contribution in [0.25, 0.3) is 10.3 Å². The maximum absolute atomic E-state index is 12.9. The van der Waals surface area contributed by atoms with Gasteiger partial charge in [0.25, 0.3) is 0 Å². The molecule has 0 atom stereocenters. The van der Waals surface area contributed by atoms with Crippen LogP contribution in [0.5, 0.6) is 0 Å². The van der Waals surface area contributed by atoms with Gasteiger partial charge in [0.1, 0.15) is 16.8 Å². The number of anilines is 2. The first-order chi connectivity index (χ1) is 11.1. The molecule has 1 aromatic carbocycles. The van der Waals surface area contributed by atoms with Gasteiger partial charge in [-0.1, -0.05) is 11.3 Å². The van der Waals surface area contributed by atoms with Gasteiger partial charge in [0.05, 0.1) is 0 Å². The van der Waals surface area contributed by atoms with Crippen molar-refractivity contribution >= 4 is 51.4 Å². The quantitative estimate of drug-likeness (QED) is 0.701. The Labute approximate surface area is 140 Å². The minimum atomic E-state index is -0.473. The third-order valence-corrected chi connectivity index (χ3v) is 4.55. The smallest absolute Gasteiger partial charge is 0.308 e. The molecule has 3 aromatic rings. The largest absolute Gasteiger partial charge is 0.324 e. The molecule has 2 heterocycles. The number of urea groups is 1. The van der Waals surface area contributed by atoms with Crippen LogP contribution in [-0.2, 0) is 6.54 Å². The monoisotopic (exact) mass is 349 g/mol. The number of aromatic nitrogens is 3. The van der Waals surface area contributed by atoms with Gasteiger partial charge in [-0.25, -0.2) is 19.2 Å². The summed E-state index contributed by atoms with van der Waals surface area (Å²) in [6.07, 6.45) is 1.38. The van der Waals surface area contributed by atoms with Gasteiger partial charge < -0.3 is 9.88 Å². The number of hydrogen-bond donors (Lipinski definition) is 2. The Kier molecular flexibility index (Phi) is 4.30. The summed E-state index contributed by atoms with van der Waals surface area (Å²) in [6.45, 7) is 2.66. The fourth-order valence-electron chi connectivity index (χ4n) is 2.05. The average Bonchev–Trinajstić information content (AvgIpc) is 2.86. The number of carbonyl (C=O) groups excluding carboxylic acids is 1. The van der Waals surface area contributed by atoms with E-state index < -0.39 is 6.03 Å². The Balaban J connectivity index is 1.85. The molecular formula is C14H12FN5OS2. The van der Waals surface area contributed by atoms with E-state index in [0.29, 0.717) is 32.4 Å². The Morgan fingerprint density at radius 2 is 2.04 bits per heavy atom. The van der Waals surface area contributed by atoms with Crippen LogP contribution in [0, 0.1) is 9.77 Å². The lowest BCUT2D eigenvalue weighted by molar-refractivity contribution is 0.262. The molecule has 2 amide bonds. The van der Waals surface area contributed by atoms with Gasteiger partial charge in [0, 0.05) is 12.2 Å². The molecule has 0 bridgehead atoms. The van der Waals surface area contributed by atoms with Crippen molar-refractivity contribution in [1.82, 2.24) is 14.5 Å². The highest BCUT2D eigenvalue weighted by atomic mass is 32.1. The van der Waals surface area contributed by atoms with E-state index in [1.54, 1.807) is 0 Å². The second kappa shape index (κ2) is 6.39. The van der Waals surface area contributed by atoms with Crippen molar-refractivity contribution < 1.29 is 9.18 Å². The molecule has 118 valence electrons. The van der Waals surface area contributed by atoms with Gasteiger partial charge in [-0.2, -0.15) is 0 Å². The van der Waals surface area contributed by atoms with E-state index >= 15 is 0 Å². The summed E-state index contributed by atoms with van der Waals surface area (Å²) in [6, 6.07) is 5.01. The van der Waals surface area contributed by atoms with E-state index in [1.165, 1.54) is 41.9 Å². The number of nitrogens with one attached hydrogen (secondary N) is 2. The Morgan fingerprint density at radius 3 is 2.74 bits per heavy atom. The number of fused-ring (bicyclic) bond motifs is 1. The normalized spacial score (nSPS) is 10.7. The van der Waals surface area contributed by atoms with Crippen LogP contribution in [0.2, 0.25) is 0 Å². The van der Waals surface area contributed by atoms with Crippen molar-refractivity contribution in [3.05, 3.63) is 40.4 Å². The van der Waals surface area contributed by atoms with Crippen molar-refractivity contribution in [2.24, 2.45) is 0 Å². The van der Waals surface area contributed by atoms with Crippen molar-refractivity contribution in [1.29, 1.82) is 0 Å². The van der Waals surface area contributed by atoms with E-state index in [-0.39, 0.29) is 5.82 Å². The third-order valence-electron chi connectivity index (χ3n) is 3.10. The lowest BCUT2D eigenvalue weighted by Crippen LogP contribution is -2.20. The Hall–Kier alpha value is -2.39. The molecular weight excluding hydrogens is 337 g/mol. The Bertz CT molecular complexity index is 919. The topological polar surface area (TPSA) is 71.8 Å². The maximum Gasteiger partial charge on any atom is 0.324 e. The molecule has 9 heteroatoms. The minimum absolute atomic E-state index is 0.367. The van der Waals surface area contributed by atoms with Crippen LogP contribution in [0.4, 0.5) is 20.7 Å². The minimum Gasteiger partial charge on any atom is -0.308 e. The number of halogens is 1. The molecule has 0 saturated heterocycles. The van der Waals surface area contributed by atoms with E-state index in [9.17, 15) is 9.18 Å². The van der Waals surface area contributed by atoms with Crippen molar-refractivity contribution in [3.63, 3.8) is 0 Å². The van der Waals surface area contributed by atoms with Gasteiger partial charge in [-0.05, 0) is 43.4 Å². The van der Waals surface area contributed by atoms with Gasteiger partial charge in [-0.3, -0.25) is 5.32 Å². The fourth-order valence-corrected chi connectivity index (χ4v) is 3.47. The number of nitrogens with zero attached hydrogens (tertiary/aromatic N) is 3. The SMILES string of the molecule is CCn1c(=S)sc2c(NC(=O)Nc3ccc(F)cc3)ncnc21. The Morgan fingerprint density at radius 1 is 1.30 bits per heavy atom. The molecule has 2 N–H and O–H groups in total.